The zero-order chi connectivity index (χ0) is 9.95. The van der Waals surface area contributed by atoms with Gasteiger partial charge in [0.1, 0.15) is 0 Å². The van der Waals surface area contributed by atoms with Crippen molar-refractivity contribution in [3.8, 4) is 0 Å². The van der Waals surface area contributed by atoms with Crippen LogP contribution in [0.4, 0.5) is 0 Å². The molecular weight excluding hydrogens is 156 g/mol. The van der Waals surface area contributed by atoms with Gasteiger partial charge in [-0.15, -0.1) is 0 Å². The van der Waals surface area contributed by atoms with E-state index in [0.29, 0.717) is 10.8 Å². The summed E-state index contributed by atoms with van der Waals surface area (Å²) in [5.41, 5.74) is 0.793. The van der Waals surface area contributed by atoms with E-state index in [-0.39, 0.29) is 0 Å². The molecule has 0 aromatic heterocycles. The molecule has 1 unspecified atom stereocenters. The lowest BCUT2D eigenvalue weighted by Crippen LogP contribution is -2.20. The van der Waals surface area contributed by atoms with Gasteiger partial charge < -0.3 is 0 Å². The Morgan fingerprint density at radius 3 is 2.62 bits per heavy atom. The van der Waals surface area contributed by atoms with Gasteiger partial charge in [-0.25, -0.2) is 0 Å². The molecule has 1 atom stereocenters. The van der Waals surface area contributed by atoms with Gasteiger partial charge in [0.05, 0.1) is 0 Å². The largest absolute Gasteiger partial charge is 0.0911 e. The van der Waals surface area contributed by atoms with Gasteiger partial charge in [0.15, 0.2) is 0 Å². The molecule has 0 aromatic rings. The highest BCUT2D eigenvalue weighted by Crippen LogP contribution is 2.42. The van der Waals surface area contributed by atoms with Crippen LogP contribution in [0.25, 0.3) is 0 Å². The van der Waals surface area contributed by atoms with Crippen molar-refractivity contribution in [2.45, 2.75) is 47.0 Å². The number of hydrogen-bond donors (Lipinski definition) is 0. The Bertz CT molecular complexity index is 220. The number of rotatable bonds is 3. The minimum atomic E-state index is 0.345. The molecule has 1 aliphatic carbocycles. The molecule has 0 spiro atoms. The second kappa shape index (κ2) is 3.69. The summed E-state index contributed by atoms with van der Waals surface area (Å²) in [5.74, 6) is 0. The molecule has 0 N–H and O–H groups in total. The molecule has 0 aliphatic heterocycles. The molecule has 0 heterocycles. The lowest BCUT2D eigenvalue weighted by atomic mass is 9.73. The first kappa shape index (κ1) is 10.6. The van der Waals surface area contributed by atoms with Crippen molar-refractivity contribution in [1.82, 2.24) is 0 Å². The van der Waals surface area contributed by atoms with Gasteiger partial charge in [0.25, 0.3) is 0 Å². The van der Waals surface area contributed by atoms with Gasteiger partial charge in [-0.05, 0) is 37.0 Å². The molecule has 0 nitrogen and oxygen atoms in total. The molecule has 74 valence electrons. The first-order chi connectivity index (χ1) is 5.97. The maximum Gasteiger partial charge on any atom is -0.0136 e. The maximum absolute atomic E-state index is 2.40. The van der Waals surface area contributed by atoms with Crippen LogP contribution in [0.15, 0.2) is 24.3 Å². The highest BCUT2D eigenvalue weighted by Gasteiger charge is 2.30. The fraction of sp³-hybridized carbons (Fsp3) is 0.692. The zero-order valence-corrected chi connectivity index (χ0v) is 9.43. The van der Waals surface area contributed by atoms with Crippen molar-refractivity contribution >= 4 is 0 Å². The summed E-state index contributed by atoms with van der Waals surface area (Å²) in [6.45, 7) is 9.13. The third-order valence-electron chi connectivity index (χ3n) is 2.88. The molecule has 0 amide bonds. The van der Waals surface area contributed by atoms with Crippen LogP contribution in [0.2, 0.25) is 0 Å². The van der Waals surface area contributed by atoms with Gasteiger partial charge in [-0.3, -0.25) is 0 Å². The van der Waals surface area contributed by atoms with Crippen molar-refractivity contribution in [1.29, 1.82) is 0 Å². The first-order valence-corrected chi connectivity index (χ1v) is 5.29. The maximum atomic E-state index is 2.40. The van der Waals surface area contributed by atoms with Crippen LogP contribution in [0.1, 0.15) is 47.0 Å². The summed E-state index contributed by atoms with van der Waals surface area (Å²) in [6, 6.07) is 0. The summed E-state index contributed by atoms with van der Waals surface area (Å²) in [4.78, 5) is 0. The van der Waals surface area contributed by atoms with E-state index in [0.717, 1.165) is 0 Å². The van der Waals surface area contributed by atoms with Gasteiger partial charge in [0.2, 0.25) is 0 Å². The molecular formula is C13H22. The van der Waals surface area contributed by atoms with Crippen LogP contribution in [0.3, 0.4) is 0 Å². The van der Waals surface area contributed by atoms with Crippen LogP contribution in [-0.2, 0) is 0 Å². The van der Waals surface area contributed by atoms with E-state index in [4.69, 9.17) is 0 Å². The first-order valence-electron chi connectivity index (χ1n) is 5.29. The van der Waals surface area contributed by atoms with E-state index in [2.05, 4.69) is 52.0 Å². The van der Waals surface area contributed by atoms with Crippen molar-refractivity contribution in [3.63, 3.8) is 0 Å². The zero-order valence-electron chi connectivity index (χ0n) is 9.43. The summed E-state index contributed by atoms with van der Waals surface area (Å²) in [5, 5.41) is 0. The van der Waals surface area contributed by atoms with Gasteiger partial charge in [-0.1, -0.05) is 45.1 Å². The smallest absolute Gasteiger partial charge is 0.0136 e. The topological polar surface area (TPSA) is 0 Å². The van der Waals surface area contributed by atoms with E-state index in [1.54, 1.807) is 0 Å². The monoisotopic (exact) mass is 178 g/mol. The van der Waals surface area contributed by atoms with Gasteiger partial charge in [-0.2, -0.15) is 0 Å². The lowest BCUT2D eigenvalue weighted by Gasteiger charge is -2.31. The Labute approximate surface area is 82.7 Å². The average Bonchev–Trinajstić information content (AvgIpc) is 2.33. The van der Waals surface area contributed by atoms with E-state index in [9.17, 15) is 0 Å². The van der Waals surface area contributed by atoms with E-state index in [1.807, 2.05) is 0 Å². The third-order valence-corrected chi connectivity index (χ3v) is 2.88. The quantitative estimate of drug-likeness (QED) is 0.564. The third kappa shape index (κ3) is 3.02. The van der Waals surface area contributed by atoms with E-state index < -0.39 is 0 Å². The summed E-state index contributed by atoms with van der Waals surface area (Å²) < 4.78 is 0. The second-order valence-electron chi connectivity index (χ2n) is 5.26. The molecule has 1 aliphatic rings. The van der Waals surface area contributed by atoms with Crippen LogP contribution in [0.5, 0.6) is 0 Å². The molecule has 0 bridgehead atoms. The molecule has 0 saturated carbocycles. The van der Waals surface area contributed by atoms with Crippen LogP contribution >= 0.6 is 0 Å². The molecule has 0 aromatic carbocycles. The Morgan fingerprint density at radius 1 is 1.46 bits per heavy atom. The minimum absolute atomic E-state index is 0.345. The Morgan fingerprint density at radius 2 is 2.15 bits per heavy atom. The number of allylic oxidation sites excluding steroid dienone is 4. The van der Waals surface area contributed by atoms with Crippen LogP contribution in [0, 0.1) is 10.8 Å². The lowest BCUT2D eigenvalue weighted by molar-refractivity contribution is 0.269. The Hall–Kier alpha value is -0.520. The molecule has 0 saturated heterocycles. The van der Waals surface area contributed by atoms with Crippen molar-refractivity contribution < 1.29 is 0 Å². The summed E-state index contributed by atoms with van der Waals surface area (Å²) >= 11 is 0. The van der Waals surface area contributed by atoms with Crippen LogP contribution in [-0.4, -0.2) is 0 Å². The molecule has 1 rings (SSSR count). The highest BCUT2D eigenvalue weighted by atomic mass is 14.3. The standard InChI is InChI=1S/C13H22/c1-5-8-12(2,3)11-13(4)9-6-7-10-13/h5-6,8-9H,7,10-11H2,1-4H3. The Kier molecular flexibility index (Phi) is 3.00. The minimum Gasteiger partial charge on any atom is -0.0911 e. The SMILES string of the molecule is CC=CC(C)(C)CC1(C)C=CCC1. The highest BCUT2D eigenvalue weighted by molar-refractivity contribution is 5.08. The van der Waals surface area contributed by atoms with E-state index in [1.165, 1.54) is 19.3 Å². The number of hydrogen-bond acceptors (Lipinski definition) is 0. The van der Waals surface area contributed by atoms with E-state index >= 15 is 0 Å². The molecule has 0 fully saturated rings. The summed E-state index contributed by atoms with van der Waals surface area (Å²) in [6.07, 6.45) is 13.1. The van der Waals surface area contributed by atoms with Crippen LogP contribution < -0.4 is 0 Å². The van der Waals surface area contributed by atoms with Crippen molar-refractivity contribution in [2.24, 2.45) is 10.8 Å². The van der Waals surface area contributed by atoms with Crippen molar-refractivity contribution in [3.05, 3.63) is 24.3 Å². The fourth-order valence-electron chi connectivity index (χ4n) is 2.56. The van der Waals surface area contributed by atoms with Gasteiger partial charge >= 0.3 is 0 Å². The fourth-order valence-corrected chi connectivity index (χ4v) is 2.56. The normalized spacial score (nSPS) is 28.9. The second-order valence-corrected chi connectivity index (χ2v) is 5.26. The van der Waals surface area contributed by atoms with Crippen molar-refractivity contribution in [2.75, 3.05) is 0 Å². The molecule has 0 radical (unpaired) electrons. The molecule has 13 heavy (non-hydrogen) atoms. The summed E-state index contributed by atoms with van der Waals surface area (Å²) in [7, 11) is 0. The average molecular weight is 178 g/mol. The molecule has 0 heteroatoms. The predicted octanol–water partition coefficient (Wildman–Crippen LogP) is 4.34. The van der Waals surface area contributed by atoms with Gasteiger partial charge in [0, 0.05) is 0 Å². The predicted molar refractivity (Wildman–Crippen MR) is 59.7 cm³/mol. The Balaban J connectivity index is 2.61.